The van der Waals surface area contributed by atoms with Crippen molar-refractivity contribution in [1.82, 2.24) is 0 Å². The van der Waals surface area contributed by atoms with E-state index in [0.29, 0.717) is 10.0 Å². The van der Waals surface area contributed by atoms with Gasteiger partial charge in [-0.2, -0.15) is 0 Å². The van der Waals surface area contributed by atoms with E-state index in [-0.39, 0.29) is 5.54 Å². The molecule has 0 N–H and O–H groups in total. The molecule has 0 unspecified atom stereocenters. The highest BCUT2D eigenvalue weighted by Gasteiger charge is 2.31. The van der Waals surface area contributed by atoms with Crippen molar-refractivity contribution in [2.24, 2.45) is 4.99 Å². The molecule has 0 spiro atoms. The monoisotopic (exact) mass is 386 g/mol. The van der Waals surface area contributed by atoms with E-state index in [4.69, 9.17) is 23.2 Å². The summed E-state index contributed by atoms with van der Waals surface area (Å²) in [5, 5.41) is 1.42. The first-order valence-electron chi connectivity index (χ1n) is 8.92. The second kappa shape index (κ2) is 7.46. The van der Waals surface area contributed by atoms with Gasteiger partial charge < -0.3 is 4.90 Å². The minimum Gasteiger partial charge on any atom is -0.362 e. The summed E-state index contributed by atoms with van der Waals surface area (Å²) in [6, 6.07) is 11.7. The molecule has 1 aliphatic heterocycles. The van der Waals surface area contributed by atoms with E-state index in [9.17, 15) is 0 Å². The number of hydrogen-bond donors (Lipinski definition) is 0. The van der Waals surface area contributed by atoms with Gasteiger partial charge in [0.15, 0.2) is 0 Å². The summed E-state index contributed by atoms with van der Waals surface area (Å²) in [7, 11) is 0. The van der Waals surface area contributed by atoms with Crippen LogP contribution in [0.5, 0.6) is 0 Å². The third-order valence-electron chi connectivity index (χ3n) is 4.72. The molecule has 0 saturated carbocycles. The smallest absolute Gasteiger partial charge is 0.0630 e. The van der Waals surface area contributed by atoms with Gasteiger partial charge in [0.2, 0.25) is 0 Å². The molecule has 0 aliphatic carbocycles. The zero-order valence-corrected chi connectivity index (χ0v) is 17.2. The van der Waals surface area contributed by atoms with Gasteiger partial charge in [-0.1, -0.05) is 36.2 Å². The summed E-state index contributed by atoms with van der Waals surface area (Å²) in [6.45, 7) is 9.86. The third-order valence-corrected chi connectivity index (χ3v) is 5.30. The quantitative estimate of drug-likeness (QED) is 0.509. The normalized spacial score (nSPS) is 15.9. The number of aliphatic imine (C=N–C) groups is 1. The molecular formula is C22H24Cl2N2. The first kappa shape index (κ1) is 19.0. The summed E-state index contributed by atoms with van der Waals surface area (Å²) in [4.78, 5) is 6.97. The Morgan fingerprint density at radius 3 is 2.46 bits per heavy atom. The van der Waals surface area contributed by atoms with Gasteiger partial charge in [-0.25, -0.2) is 0 Å². The van der Waals surface area contributed by atoms with Crippen molar-refractivity contribution in [3.63, 3.8) is 0 Å². The molecule has 0 atom stereocenters. The fourth-order valence-corrected chi connectivity index (χ4v) is 3.85. The molecule has 1 heterocycles. The van der Waals surface area contributed by atoms with Gasteiger partial charge in [-0.15, -0.1) is 0 Å². The fourth-order valence-electron chi connectivity index (χ4n) is 3.52. The minimum absolute atomic E-state index is 0.0185. The van der Waals surface area contributed by atoms with E-state index in [1.54, 1.807) is 0 Å². The highest BCUT2D eigenvalue weighted by Crippen LogP contribution is 2.41. The highest BCUT2D eigenvalue weighted by atomic mass is 35.5. The Morgan fingerprint density at radius 2 is 1.81 bits per heavy atom. The molecule has 0 fully saturated rings. The largest absolute Gasteiger partial charge is 0.362 e. The van der Waals surface area contributed by atoms with Crippen molar-refractivity contribution in [2.75, 3.05) is 11.4 Å². The number of allylic oxidation sites excluding steroid dienone is 1. The van der Waals surface area contributed by atoms with Crippen LogP contribution in [0.1, 0.15) is 45.2 Å². The van der Waals surface area contributed by atoms with Crippen LogP contribution in [0.25, 0.3) is 5.57 Å². The molecule has 2 aromatic rings. The third kappa shape index (κ3) is 3.82. The molecule has 1 aliphatic rings. The van der Waals surface area contributed by atoms with Crippen LogP contribution in [0.15, 0.2) is 47.5 Å². The van der Waals surface area contributed by atoms with Crippen LogP contribution in [0.4, 0.5) is 11.4 Å². The van der Waals surface area contributed by atoms with Crippen molar-refractivity contribution >= 4 is 46.4 Å². The molecule has 3 rings (SSSR count). The lowest BCUT2D eigenvalue weighted by Gasteiger charge is -2.43. The lowest BCUT2D eigenvalue weighted by atomic mass is 9.88. The maximum absolute atomic E-state index is 6.60. The van der Waals surface area contributed by atoms with Crippen molar-refractivity contribution in [2.45, 2.75) is 39.7 Å². The Bertz CT molecular complexity index is 864. The lowest BCUT2D eigenvalue weighted by Crippen LogP contribution is -2.45. The first-order valence-corrected chi connectivity index (χ1v) is 9.68. The van der Waals surface area contributed by atoms with Gasteiger partial charge in [0, 0.05) is 34.6 Å². The average Bonchev–Trinajstić information content (AvgIpc) is 2.58. The Kier molecular flexibility index (Phi) is 5.45. The van der Waals surface area contributed by atoms with Crippen LogP contribution >= 0.6 is 23.2 Å². The SMILES string of the molecule is CCCN1c2cc(Cl)c(C=Nc3ccc(Cl)cc3)cc2C(C)=CC1(C)C. The number of hydrogen-bond acceptors (Lipinski definition) is 2. The number of anilines is 1. The topological polar surface area (TPSA) is 15.6 Å². The maximum atomic E-state index is 6.60. The number of nitrogens with zero attached hydrogens (tertiary/aromatic N) is 2. The molecule has 0 saturated heterocycles. The summed E-state index contributed by atoms with van der Waals surface area (Å²) >= 11 is 12.5. The molecular weight excluding hydrogens is 363 g/mol. The predicted molar refractivity (Wildman–Crippen MR) is 116 cm³/mol. The lowest BCUT2D eigenvalue weighted by molar-refractivity contribution is 0.550. The molecule has 136 valence electrons. The highest BCUT2D eigenvalue weighted by molar-refractivity contribution is 6.33. The molecule has 0 radical (unpaired) electrons. The van der Waals surface area contributed by atoms with Gasteiger partial charge in [0.25, 0.3) is 0 Å². The van der Waals surface area contributed by atoms with Crippen molar-refractivity contribution < 1.29 is 0 Å². The molecule has 2 aromatic carbocycles. The predicted octanol–water partition coefficient (Wildman–Crippen LogP) is 7.16. The number of fused-ring (bicyclic) bond motifs is 1. The second-order valence-corrected chi connectivity index (χ2v) is 8.10. The van der Waals surface area contributed by atoms with E-state index < -0.39 is 0 Å². The van der Waals surface area contributed by atoms with E-state index >= 15 is 0 Å². The van der Waals surface area contributed by atoms with Crippen molar-refractivity contribution in [3.05, 3.63) is 63.6 Å². The molecule has 0 aromatic heterocycles. The van der Waals surface area contributed by atoms with Gasteiger partial charge in [0.05, 0.1) is 16.2 Å². The summed E-state index contributed by atoms with van der Waals surface area (Å²) in [5.41, 5.74) is 5.45. The zero-order chi connectivity index (χ0) is 18.9. The van der Waals surface area contributed by atoms with Gasteiger partial charge in [-0.05, 0) is 69.2 Å². The fraction of sp³-hybridized carbons (Fsp3) is 0.318. The van der Waals surface area contributed by atoms with Crippen molar-refractivity contribution in [3.8, 4) is 0 Å². The molecule has 0 bridgehead atoms. The maximum Gasteiger partial charge on any atom is 0.0630 e. The summed E-state index contributed by atoms with van der Waals surface area (Å²) < 4.78 is 0. The van der Waals surface area contributed by atoms with Crippen LogP contribution in [0.2, 0.25) is 10.0 Å². The average molecular weight is 387 g/mol. The summed E-state index contributed by atoms with van der Waals surface area (Å²) in [5.74, 6) is 0. The van der Waals surface area contributed by atoms with E-state index in [1.165, 1.54) is 16.8 Å². The van der Waals surface area contributed by atoms with Crippen LogP contribution in [0.3, 0.4) is 0 Å². The Morgan fingerprint density at radius 1 is 1.12 bits per heavy atom. The molecule has 4 heteroatoms. The van der Waals surface area contributed by atoms with Crippen LogP contribution in [0, 0.1) is 0 Å². The number of rotatable bonds is 4. The van der Waals surface area contributed by atoms with E-state index in [2.05, 4.69) is 55.8 Å². The number of benzene rings is 2. The van der Waals surface area contributed by atoms with Crippen LogP contribution in [-0.2, 0) is 0 Å². The van der Waals surface area contributed by atoms with Gasteiger partial charge in [0.1, 0.15) is 0 Å². The number of halogens is 2. The molecule has 26 heavy (non-hydrogen) atoms. The first-order chi connectivity index (χ1) is 12.3. The molecule has 0 amide bonds. The standard InChI is InChI=1S/C22H24Cl2N2/c1-5-10-26-21-12-20(24)16(11-19(21)15(2)13-22(26,3)4)14-25-18-8-6-17(23)7-9-18/h6-9,11-14H,5,10H2,1-4H3. The van der Waals surface area contributed by atoms with E-state index in [1.807, 2.05) is 30.5 Å². The Labute approximate surface area is 166 Å². The second-order valence-electron chi connectivity index (χ2n) is 7.26. The zero-order valence-electron chi connectivity index (χ0n) is 15.7. The van der Waals surface area contributed by atoms with E-state index in [0.717, 1.165) is 24.2 Å². The van der Waals surface area contributed by atoms with Gasteiger partial charge >= 0.3 is 0 Å². The Hall–Kier alpha value is -1.77. The van der Waals surface area contributed by atoms with Crippen LogP contribution < -0.4 is 4.90 Å². The molecule has 2 nitrogen and oxygen atoms in total. The summed E-state index contributed by atoms with van der Waals surface area (Å²) in [6.07, 6.45) is 5.25. The minimum atomic E-state index is -0.0185. The van der Waals surface area contributed by atoms with Crippen LogP contribution in [-0.4, -0.2) is 18.3 Å². The van der Waals surface area contributed by atoms with Crippen molar-refractivity contribution in [1.29, 1.82) is 0 Å². The Balaban J connectivity index is 2.01. The van der Waals surface area contributed by atoms with Gasteiger partial charge in [-0.3, -0.25) is 4.99 Å².